The number of nitrogens with zero attached hydrogens (tertiary/aromatic N) is 1. The molecule has 0 aromatic heterocycles. The summed E-state index contributed by atoms with van der Waals surface area (Å²) in [6, 6.07) is 0.945. The van der Waals surface area contributed by atoms with Crippen LogP contribution in [-0.4, -0.2) is 16.9 Å². The van der Waals surface area contributed by atoms with Crippen LogP contribution in [0.25, 0.3) is 0 Å². The summed E-state index contributed by atoms with van der Waals surface area (Å²) in [6.45, 7) is 0. The number of carbonyl (C=O) groups excluding carboxylic acids is 1. The van der Waals surface area contributed by atoms with Gasteiger partial charge in [-0.3, -0.25) is 14.9 Å². The molecule has 5 nitrogen and oxygen atoms in total. The molecule has 1 aliphatic rings. The third kappa shape index (κ3) is 3.09. The number of benzene rings is 1. The van der Waals surface area contributed by atoms with E-state index in [-0.39, 0.29) is 6.04 Å². The van der Waals surface area contributed by atoms with Crippen molar-refractivity contribution < 1.29 is 18.5 Å². The Kier molecular flexibility index (Phi) is 4.26. The Morgan fingerprint density at radius 2 is 1.80 bits per heavy atom. The van der Waals surface area contributed by atoms with Gasteiger partial charge in [-0.2, -0.15) is 0 Å². The molecule has 108 valence electrons. The fourth-order valence-corrected chi connectivity index (χ4v) is 2.38. The highest BCUT2D eigenvalue weighted by molar-refractivity contribution is 5.98. The van der Waals surface area contributed by atoms with Crippen molar-refractivity contribution in [3.8, 4) is 0 Å². The van der Waals surface area contributed by atoms with Crippen LogP contribution in [0, 0.1) is 21.7 Å². The van der Waals surface area contributed by atoms with Crippen molar-refractivity contribution in [2.24, 2.45) is 0 Å². The van der Waals surface area contributed by atoms with Crippen molar-refractivity contribution in [3.05, 3.63) is 39.4 Å². The van der Waals surface area contributed by atoms with Crippen LogP contribution in [0.1, 0.15) is 42.5 Å². The summed E-state index contributed by atoms with van der Waals surface area (Å²) in [5.74, 6) is -3.35. The van der Waals surface area contributed by atoms with Gasteiger partial charge < -0.3 is 5.32 Å². The third-order valence-corrected chi connectivity index (χ3v) is 3.42. The van der Waals surface area contributed by atoms with Gasteiger partial charge in [0.25, 0.3) is 11.6 Å². The van der Waals surface area contributed by atoms with Crippen LogP contribution in [0.4, 0.5) is 14.5 Å². The van der Waals surface area contributed by atoms with Crippen LogP contribution < -0.4 is 5.32 Å². The molecular formula is C13H14F2N2O3. The lowest BCUT2D eigenvalue weighted by molar-refractivity contribution is -0.385. The zero-order valence-electron chi connectivity index (χ0n) is 10.7. The molecule has 1 aliphatic carbocycles. The maximum Gasteiger partial charge on any atom is 0.285 e. The fourth-order valence-electron chi connectivity index (χ4n) is 2.38. The van der Waals surface area contributed by atoms with Gasteiger partial charge in [0.2, 0.25) is 0 Å². The molecule has 1 saturated carbocycles. The summed E-state index contributed by atoms with van der Waals surface area (Å²) in [5, 5.41) is 13.5. The molecule has 1 fully saturated rings. The predicted molar refractivity (Wildman–Crippen MR) is 67.4 cm³/mol. The van der Waals surface area contributed by atoms with E-state index >= 15 is 0 Å². The van der Waals surface area contributed by atoms with E-state index in [0.29, 0.717) is 12.1 Å². The van der Waals surface area contributed by atoms with Crippen molar-refractivity contribution in [1.29, 1.82) is 0 Å². The Morgan fingerprint density at radius 3 is 2.40 bits per heavy atom. The molecule has 0 heterocycles. The molecule has 0 unspecified atom stereocenters. The molecule has 1 N–H and O–H groups in total. The van der Waals surface area contributed by atoms with Crippen LogP contribution in [0.5, 0.6) is 0 Å². The molecule has 2 rings (SSSR count). The molecule has 0 aliphatic heterocycles. The van der Waals surface area contributed by atoms with Gasteiger partial charge in [-0.15, -0.1) is 0 Å². The van der Waals surface area contributed by atoms with Gasteiger partial charge >= 0.3 is 0 Å². The minimum absolute atomic E-state index is 0.0658. The second-order valence-electron chi connectivity index (χ2n) is 4.85. The SMILES string of the molecule is O=C(NC1CCCCC1)c1cc(F)c(F)cc1[N+](=O)[O-]. The van der Waals surface area contributed by atoms with Gasteiger partial charge in [0, 0.05) is 6.04 Å². The highest BCUT2D eigenvalue weighted by atomic mass is 19.2. The number of nitrogens with one attached hydrogen (secondary N) is 1. The Labute approximate surface area is 114 Å². The van der Waals surface area contributed by atoms with E-state index in [1.807, 2.05) is 0 Å². The highest BCUT2D eigenvalue weighted by Gasteiger charge is 2.25. The van der Waals surface area contributed by atoms with E-state index in [9.17, 15) is 23.7 Å². The quantitative estimate of drug-likeness (QED) is 0.685. The number of rotatable bonds is 3. The standard InChI is InChI=1S/C13H14F2N2O3/c14-10-6-9(12(17(19)20)7-11(10)15)13(18)16-8-4-2-1-3-5-8/h6-8H,1-5H2,(H,16,18). The van der Waals surface area contributed by atoms with E-state index in [4.69, 9.17) is 0 Å². The maximum atomic E-state index is 13.2. The smallest absolute Gasteiger partial charge is 0.285 e. The van der Waals surface area contributed by atoms with Crippen molar-refractivity contribution >= 4 is 11.6 Å². The Morgan fingerprint density at radius 1 is 1.20 bits per heavy atom. The molecule has 0 saturated heterocycles. The summed E-state index contributed by atoms with van der Waals surface area (Å²) in [4.78, 5) is 21.9. The molecule has 0 radical (unpaired) electrons. The summed E-state index contributed by atoms with van der Waals surface area (Å²) in [7, 11) is 0. The molecule has 0 spiro atoms. The number of nitro benzene ring substituents is 1. The first kappa shape index (κ1) is 14.4. The lowest BCUT2D eigenvalue weighted by atomic mass is 9.95. The summed E-state index contributed by atoms with van der Waals surface area (Å²) in [5.41, 5.74) is -1.17. The predicted octanol–water partition coefficient (Wildman–Crippen LogP) is 2.94. The first-order valence-corrected chi connectivity index (χ1v) is 6.43. The van der Waals surface area contributed by atoms with Crippen LogP contribution in [0.2, 0.25) is 0 Å². The zero-order valence-corrected chi connectivity index (χ0v) is 10.7. The zero-order chi connectivity index (χ0) is 14.7. The summed E-state index contributed by atoms with van der Waals surface area (Å²) >= 11 is 0. The van der Waals surface area contributed by atoms with Gasteiger partial charge in [-0.05, 0) is 18.9 Å². The van der Waals surface area contributed by atoms with Crippen LogP contribution in [0.15, 0.2) is 12.1 Å². The minimum atomic E-state index is -1.34. The largest absolute Gasteiger partial charge is 0.349 e. The lowest BCUT2D eigenvalue weighted by Crippen LogP contribution is -2.36. The number of carbonyl (C=O) groups is 1. The van der Waals surface area contributed by atoms with Crippen LogP contribution in [0.3, 0.4) is 0 Å². The normalized spacial score (nSPS) is 15.9. The first-order chi connectivity index (χ1) is 9.49. The van der Waals surface area contributed by atoms with Gasteiger partial charge in [0.05, 0.1) is 11.0 Å². The Balaban J connectivity index is 2.23. The van der Waals surface area contributed by atoms with E-state index in [0.717, 1.165) is 32.1 Å². The van der Waals surface area contributed by atoms with Gasteiger partial charge in [-0.1, -0.05) is 19.3 Å². The molecule has 0 atom stereocenters. The topological polar surface area (TPSA) is 72.2 Å². The average molecular weight is 284 g/mol. The van der Waals surface area contributed by atoms with Gasteiger partial charge in [0.1, 0.15) is 5.56 Å². The van der Waals surface area contributed by atoms with E-state index in [1.54, 1.807) is 0 Å². The molecule has 1 aromatic rings. The minimum Gasteiger partial charge on any atom is -0.349 e. The monoisotopic (exact) mass is 284 g/mol. The number of nitro groups is 1. The molecular weight excluding hydrogens is 270 g/mol. The van der Waals surface area contributed by atoms with Crippen LogP contribution >= 0.6 is 0 Å². The number of hydrogen-bond acceptors (Lipinski definition) is 3. The number of hydrogen-bond donors (Lipinski definition) is 1. The van der Waals surface area contributed by atoms with Crippen LogP contribution in [-0.2, 0) is 0 Å². The van der Waals surface area contributed by atoms with Crippen molar-refractivity contribution in [2.75, 3.05) is 0 Å². The summed E-state index contributed by atoms with van der Waals surface area (Å²) in [6.07, 6.45) is 4.64. The van der Waals surface area contributed by atoms with Crippen molar-refractivity contribution in [3.63, 3.8) is 0 Å². The van der Waals surface area contributed by atoms with Gasteiger partial charge in [-0.25, -0.2) is 8.78 Å². The highest BCUT2D eigenvalue weighted by Crippen LogP contribution is 2.23. The second-order valence-corrected chi connectivity index (χ2v) is 4.85. The van der Waals surface area contributed by atoms with E-state index in [1.165, 1.54) is 0 Å². The molecule has 7 heteroatoms. The molecule has 1 amide bonds. The number of halogens is 2. The van der Waals surface area contributed by atoms with E-state index < -0.39 is 33.7 Å². The Bertz CT molecular complexity index is 543. The van der Waals surface area contributed by atoms with Crippen molar-refractivity contribution in [2.45, 2.75) is 38.1 Å². The second kappa shape index (κ2) is 5.94. The lowest BCUT2D eigenvalue weighted by Gasteiger charge is -2.22. The molecule has 1 aromatic carbocycles. The molecule has 20 heavy (non-hydrogen) atoms. The third-order valence-electron chi connectivity index (χ3n) is 3.42. The summed E-state index contributed by atoms with van der Waals surface area (Å²) < 4.78 is 26.2. The maximum absolute atomic E-state index is 13.2. The number of amides is 1. The Hall–Kier alpha value is -2.05. The fraction of sp³-hybridized carbons (Fsp3) is 0.462. The average Bonchev–Trinajstić information content (AvgIpc) is 2.42. The first-order valence-electron chi connectivity index (χ1n) is 6.43. The van der Waals surface area contributed by atoms with Gasteiger partial charge in [0.15, 0.2) is 11.6 Å². The van der Waals surface area contributed by atoms with Crippen molar-refractivity contribution in [1.82, 2.24) is 5.32 Å². The van der Waals surface area contributed by atoms with E-state index in [2.05, 4.69) is 5.32 Å². The molecule has 0 bridgehead atoms.